The van der Waals surface area contributed by atoms with Gasteiger partial charge in [-0.15, -0.1) is 0 Å². The first-order chi connectivity index (χ1) is 19.5. The van der Waals surface area contributed by atoms with Gasteiger partial charge in [-0.3, -0.25) is 19.8 Å². The van der Waals surface area contributed by atoms with Crippen molar-refractivity contribution in [2.75, 3.05) is 6.61 Å². The fraction of sp³-hybridized carbons (Fsp3) is 0.290. The molecule has 40 heavy (non-hydrogen) atoms. The van der Waals surface area contributed by atoms with Crippen molar-refractivity contribution in [3.63, 3.8) is 0 Å². The van der Waals surface area contributed by atoms with Gasteiger partial charge in [0.05, 0.1) is 22.1 Å². The summed E-state index contributed by atoms with van der Waals surface area (Å²) in [5.74, 6) is 1.11. The molecule has 0 N–H and O–H groups in total. The number of hydrogen-bond acceptors (Lipinski definition) is 7. The van der Waals surface area contributed by atoms with Crippen LogP contribution in [0.15, 0.2) is 82.7 Å². The summed E-state index contributed by atoms with van der Waals surface area (Å²) in [6, 6.07) is 21.8. The highest BCUT2D eigenvalue weighted by atomic mass is 32.2. The third-order valence-corrected chi connectivity index (χ3v) is 7.85. The van der Waals surface area contributed by atoms with E-state index in [-0.39, 0.29) is 24.2 Å². The molecule has 1 saturated heterocycles. The second kappa shape index (κ2) is 12.8. The Morgan fingerprint density at radius 1 is 1.00 bits per heavy atom. The smallest absolute Gasteiger partial charge is 0.269 e. The average molecular weight is 558 g/mol. The number of para-hydroxylation sites is 1. The molecule has 1 heterocycles. The predicted octanol–water partition coefficient (Wildman–Crippen LogP) is 7.51. The summed E-state index contributed by atoms with van der Waals surface area (Å²) >= 11 is 1.41. The summed E-state index contributed by atoms with van der Waals surface area (Å²) < 4.78 is 11.8. The molecule has 0 atom stereocenters. The van der Waals surface area contributed by atoms with Crippen LogP contribution in [0.25, 0.3) is 6.08 Å². The summed E-state index contributed by atoms with van der Waals surface area (Å²) in [6.07, 6.45) is 7.31. The standard InChI is InChI=1S/C31H31N3O5S/c1-2-38-28-19-23(15-18-27(28)39-21-22-13-16-26(17-14-22)34(36)37)20-29-30(35)33(25-11-7-4-8-12-25)31(40-29)32-24-9-5-3-6-10-24/h3,5-6,9-10,13-20,25H,2,4,7-8,11-12,21H2,1H3. The maximum Gasteiger partial charge on any atom is 0.269 e. The molecule has 2 fully saturated rings. The fourth-order valence-electron chi connectivity index (χ4n) is 4.87. The number of nitro groups is 1. The summed E-state index contributed by atoms with van der Waals surface area (Å²) in [7, 11) is 0. The minimum absolute atomic E-state index is 0.0111. The van der Waals surface area contributed by atoms with Crippen molar-refractivity contribution in [3.8, 4) is 11.5 Å². The number of nitrogens with zero attached hydrogens (tertiary/aromatic N) is 3. The minimum atomic E-state index is -0.427. The molecule has 8 nitrogen and oxygen atoms in total. The third kappa shape index (κ3) is 6.54. The number of non-ortho nitro benzene ring substituents is 1. The molecule has 0 aromatic heterocycles. The monoisotopic (exact) mass is 557 g/mol. The molecule has 1 amide bonds. The number of benzene rings is 3. The Balaban J connectivity index is 1.38. The number of amidine groups is 1. The molecule has 0 bridgehead atoms. The van der Waals surface area contributed by atoms with E-state index >= 15 is 0 Å². The lowest BCUT2D eigenvalue weighted by Gasteiger charge is -2.30. The number of ether oxygens (including phenoxy) is 2. The van der Waals surface area contributed by atoms with E-state index in [0.717, 1.165) is 47.7 Å². The lowest BCUT2D eigenvalue weighted by Crippen LogP contribution is -2.40. The molecule has 1 saturated carbocycles. The van der Waals surface area contributed by atoms with E-state index in [9.17, 15) is 14.9 Å². The highest BCUT2D eigenvalue weighted by molar-refractivity contribution is 8.18. The van der Waals surface area contributed by atoms with Crippen molar-refractivity contribution < 1.29 is 19.2 Å². The first kappa shape index (κ1) is 27.5. The second-order valence-electron chi connectivity index (χ2n) is 9.66. The topological polar surface area (TPSA) is 94.3 Å². The molecule has 2 aliphatic rings. The van der Waals surface area contributed by atoms with Gasteiger partial charge in [0, 0.05) is 18.2 Å². The van der Waals surface area contributed by atoms with Gasteiger partial charge in [-0.25, -0.2) is 4.99 Å². The Morgan fingerprint density at radius 2 is 1.75 bits per heavy atom. The third-order valence-electron chi connectivity index (χ3n) is 6.86. The van der Waals surface area contributed by atoms with Crippen LogP contribution in [0.5, 0.6) is 11.5 Å². The Kier molecular flexibility index (Phi) is 8.81. The van der Waals surface area contributed by atoms with Crippen LogP contribution < -0.4 is 9.47 Å². The number of nitro benzene ring substituents is 1. The zero-order valence-electron chi connectivity index (χ0n) is 22.3. The summed E-state index contributed by atoms with van der Waals surface area (Å²) in [5, 5.41) is 11.6. The number of aliphatic imine (C=N–C) groups is 1. The van der Waals surface area contributed by atoms with E-state index in [1.807, 2.05) is 66.4 Å². The van der Waals surface area contributed by atoms with Gasteiger partial charge < -0.3 is 9.47 Å². The number of rotatable bonds is 9. The van der Waals surface area contributed by atoms with Crippen LogP contribution in [0.4, 0.5) is 11.4 Å². The van der Waals surface area contributed by atoms with Crippen molar-refractivity contribution in [1.82, 2.24) is 4.90 Å². The molecular weight excluding hydrogens is 526 g/mol. The van der Waals surface area contributed by atoms with Gasteiger partial charge in [-0.1, -0.05) is 43.5 Å². The fourth-order valence-corrected chi connectivity index (χ4v) is 5.93. The second-order valence-corrected chi connectivity index (χ2v) is 10.7. The van der Waals surface area contributed by atoms with Gasteiger partial charge in [-0.05, 0) is 85.1 Å². The summed E-state index contributed by atoms with van der Waals surface area (Å²) in [6.45, 7) is 2.59. The molecule has 0 radical (unpaired) electrons. The molecule has 5 rings (SSSR count). The largest absolute Gasteiger partial charge is 0.490 e. The molecule has 3 aromatic rings. The first-order valence-corrected chi connectivity index (χ1v) is 14.3. The lowest BCUT2D eigenvalue weighted by molar-refractivity contribution is -0.384. The van der Waals surface area contributed by atoms with Crippen molar-refractivity contribution in [1.29, 1.82) is 0 Å². The number of thioether (sulfide) groups is 1. The van der Waals surface area contributed by atoms with Crippen LogP contribution >= 0.6 is 11.8 Å². The van der Waals surface area contributed by atoms with E-state index < -0.39 is 4.92 Å². The van der Waals surface area contributed by atoms with Gasteiger partial charge >= 0.3 is 0 Å². The van der Waals surface area contributed by atoms with Crippen LogP contribution in [-0.2, 0) is 11.4 Å². The molecule has 206 valence electrons. The van der Waals surface area contributed by atoms with Crippen molar-refractivity contribution in [2.24, 2.45) is 4.99 Å². The highest BCUT2D eigenvalue weighted by Gasteiger charge is 2.38. The molecule has 0 unspecified atom stereocenters. The lowest BCUT2D eigenvalue weighted by atomic mass is 9.94. The SMILES string of the molecule is CCOc1cc(C=C2SC(=Nc3ccccc3)N(C3CCCCC3)C2=O)ccc1OCc1ccc([N+](=O)[O-])cc1. The van der Waals surface area contributed by atoms with Gasteiger partial charge in [0.1, 0.15) is 6.61 Å². The van der Waals surface area contributed by atoms with E-state index in [2.05, 4.69) is 0 Å². The minimum Gasteiger partial charge on any atom is -0.490 e. The number of amides is 1. The number of hydrogen-bond donors (Lipinski definition) is 0. The first-order valence-electron chi connectivity index (χ1n) is 13.5. The van der Waals surface area contributed by atoms with E-state index in [1.54, 1.807) is 12.1 Å². The molecular formula is C31H31N3O5S. The van der Waals surface area contributed by atoms with Crippen LogP contribution in [0.1, 0.15) is 50.2 Å². The Morgan fingerprint density at radius 3 is 2.45 bits per heavy atom. The van der Waals surface area contributed by atoms with Crippen LogP contribution in [0.3, 0.4) is 0 Å². The average Bonchev–Trinajstić information content (AvgIpc) is 3.27. The van der Waals surface area contributed by atoms with Crippen molar-refractivity contribution in [3.05, 3.63) is 98.9 Å². The zero-order valence-corrected chi connectivity index (χ0v) is 23.1. The van der Waals surface area contributed by atoms with Crippen LogP contribution in [0.2, 0.25) is 0 Å². The van der Waals surface area contributed by atoms with Gasteiger partial charge in [0.25, 0.3) is 11.6 Å². The van der Waals surface area contributed by atoms with E-state index in [0.29, 0.717) is 23.0 Å². The van der Waals surface area contributed by atoms with Crippen molar-refractivity contribution >= 4 is 40.3 Å². The Hall–Kier alpha value is -4.11. The highest BCUT2D eigenvalue weighted by Crippen LogP contribution is 2.39. The summed E-state index contributed by atoms with van der Waals surface area (Å²) in [4.78, 5) is 31.5. The number of carbonyl (C=O) groups is 1. The maximum absolute atomic E-state index is 13.7. The van der Waals surface area contributed by atoms with Gasteiger partial charge in [0.2, 0.25) is 0 Å². The Bertz CT molecular complexity index is 1420. The maximum atomic E-state index is 13.7. The quantitative estimate of drug-likeness (QED) is 0.154. The molecule has 0 spiro atoms. The van der Waals surface area contributed by atoms with Crippen LogP contribution in [-0.4, -0.2) is 33.5 Å². The molecule has 3 aromatic carbocycles. The van der Waals surface area contributed by atoms with E-state index in [1.165, 1.54) is 30.3 Å². The van der Waals surface area contributed by atoms with E-state index in [4.69, 9.17) is 14.5 Å². The summed E-state index contributed by atoms with van der Waals surface area (Å²) in [5.41, 5.74) is 2.49. The molecule has 1 aliphatic carbocycles. The van der Waals surface area contributed by atoms with Crippen molar-refractivity contribution in [2.45, 2.75) is 51.7 Å². The van der Waals surface area contributed by atoms with Gasteiger partial charge in [0.15, 0.2) is 16.7 Å². The predicted molar refractivity (Wildman–Crippen MR) is 158 cm³/mol. The van der Waals surface area contributed by atoms with Crippen LogP contribution in [0, 0.1) is 10.1 Å². The zero-order chi connectivity index (χ0) is 27.9. The Labute approximate surface area is 237 Å². The normalized spacial score (nSPS) is 17.9. The molecule has 1 aliphatic heterocycles. The molecule has 9 heteroatoms. The number of carbonyl (C=O) groups excluding carboxylic acids is 1. The van der Waals surface area contributed by atoms with Gasteiger partial charge in [-0.2, -0.15) is 0 Å².